The van der Waals surface area contributed by atoms with E-state index in [4.69, 9.17) is 0 Å². The van der Waals surface area contributed by atoms with E-state index < -0.39 is 5.41 Å². The van der Waals surface area contributed by atoms with E-state index >= 15 is 0 Å². The second-order valence-electron chi connectivity index (χ2n) is 3.05. The van der Waals surface area contributed by atoms with Crippen molar-refractivity contribution in [1.29, 1.82) is 0 Å². The number of allylic oxidation sites excluding steroid dienone is 4. The molecule has 0 amide bonds. The molecule has 0 bridgehead atoms. The van der Waals surface area contributed by atoms with Gasteiger partial charge in [0.2, 0.25) is 0 Å². The van der Waals surface area contributed by atoms with Gasteiger partial charge in [0.15, 0.2) is 17.3 Å². The molecule has 0 heterocycles. The molecule has 0 N–H and O–H groups in total. The minimum atomic E-state index is -1.20. The molecule has 0 aromatic carbocycles. The standard InChI is InChI=1S/C10H10O3/c1-7(11)10(8(2)12)5-3-9(13)4-6-10/h3-6H,1-2H3. The molecular weight excluding hydrogens is 168 g/mol. The fraction of sp³-hybridized carbons (Fsp3) is 0.300. The molecule has 0 saturated carbocycles. The van der Waals surface area contributed by atoms with Crippen LogP contribution in [0.25, 0.3) is 0 Å². The van der Waals surface area contributed by atoms with E-state index in [0.29, 0.717) is 0 Å². The summed E-state index contributed by atoms with van der Waals surface area (Å²) in [5, 5.41) is 0. The highest BCUT2D eigenvalue weighted by atomic mass is 16.2. The number of rotatable bonds is 2. The van der Waals surface area contributed by atoms with Crippen LogP contribution in [0.1, 0.15) is 13.8 Å². The molecule has 0 radical (unpaired) electrons. The molecule has 0 aromatic heterocycles. The highest BCUT2D eigenvalue weighted by Crippen LogP contribution is 2.26. The molecule has 0 atom stereocenters. The van der Waals surface area contributed by atoms with Gasteiger partial charge in [0.25, 0.3) is 0 Å². The second-order valence-corrected chi connectivity index (χ2v) is 3.05. The highest BCUT2D eigenvalue weighted by molar-refractivity contribution is 6.13. The third kappa shape index (κ3) is 1.49. The first-order valence-corrected chi connectivity index (χ1v) is 3.93. The fourth-order valence-corrected chi connectivity index (χ4v) is 1.26. The number of carbonyl (C=O) groups is 3. The Bertz CT molecular complexity index is 302. The average molecular weight is 178 g/mol. The molecule has 0 aromatic rings. The largest absolute Gasteiger partial charge is 0.298 e. The SMILES string of the molecule is CC(=O)C1(C(C)=O)C=CC(=O)C=C1. The number of ketones is 3. The Hall–Kier alpha value is -1.51. The fourth-order valence-electron chi connectivity index (χ4n) is 1.26. The topological polar surface area (TPSA) is 51.2 Å². The van der Waals surface area contributed by atoms with Crippen molar-refractivity contribution in [2.75, 3.05) is 0 Å². The zero-order valence-corrected chi connectivity index (χ0v) is 7.53. The molecular formula is C10H10O3. The maximum atomic E-state index is 11.2. The van der Waals surface area contributed by atoms with Crippen molar-refractivity contribution >= 4 is 17.3 Å². The highest BCUT2D eigenvalue weighted by Gasteiger charge is 2.36. The van der Waals surface area contributed by atoms with Crippen LogP contribution in [0.3, 0.4) is 0 Å². The van der Waals surface area contributed by atoms with Crippen LogP contribution in [0, 0.1) is 5.41 Å². The first kappa shape index (κ1) is 9.58. The van der Waals surface area contributed by atoms with Crippen LogP contribution in [0.5, 0.6) is 0 Å². The summed E-state index contributed by atoms with van der Waals surface area (Å²) in [4.78, 5) is 33.3. The van der Waals surface area contributed by atoms with Crippen molar-refractivity contribution in [2.24, 2.45) is 5.41 Å². The summed E-state index contributed by atoms with van der Waals surface area (Å²) in [6, 6.07) is 0. The van der Waals surface area contributed by atoms with Crippen molar-refractivity contribution in [3.8, 4) is 0 Å². The van der Waals surface area contributed by atoms with Crippen LogP contribution in [-0.4, -0.2) is 17.3 Å². The summed E-state index contributed by atoms with van der Waals surface area (Å²) >= 11 is 0. The van der Waals surface area contributed by atoms with Gasteiger partial charge in [-0.15, -0.1) is 0 Å². The molecule has 0 spiro atoms. The van der Waals surface area contributed by atoms with E-state index in [2.05, 4.69) is 0 Å². The normalized spacial score (nSPS) is 18.8. The van der Waals surface area contributed by atoms with Gasteiger partial charge in [0, 0.05) is 0 Å². The molecule has 13 heavy (non-hydrogen) atoms. The van der Waals surface area contributed by atoms with Crippen LogP contribution in [-0.2, 0) is 14.4 Å². The number of hydrogen-bond donors (Lipinski definition) is 0. The maximum absolute atomic E-state index is 11.2. The lowest BCUT2D eigenvalue weighted by atomic mass is 9.77. The van der Waals surface area contributed by atoms with Gasteiger partial charge in [0.05, 0.1) is 0 Å². The number of hydrogen-bond acceptors (Lipinski definition) is 3. The lowest BCUT2D eigenvalue weighted by Gasteiger charge is -2.22. The first-order valence-electron chi connectivity index (χ1n) is 3.93. The lowest BCUT2D eigenvalue weighted by Crippen LogP contribution is -2.34. The van der Waals surface area contributed by atoms with E-state index in [9.17, 15) is 14.4 Å². The summed E-state index contributed by atoms with van der Waals surface area (Å²) in [6.07, 6.45) is 5.23. The van der Waals surface area contributed by atoms with Crippen molar-refractivity contribution in [2.45, 2.75) is 13.8 Å². The van der Waals surface area contributed by atoms with Gasteiger partial charge in [0.1, 0.15) is 5.41 Å². The molecule has 1 aliphatic carbocycles. The van der Waals surface area contributed by atoms with Crippen molar-refractivity contribution in [3.05, 3.63) is 24.3 Å². The van der Waals surface area contributed by atoms with Gasteiger partial charge >= 0.3 is 0 Å². The Morgan fingerprint density at radius 3 is 1.77 bits per heavy atom. The Kier molecular flexibility index (Phi) is 2.28. The first-order chi connectivity index (χ1) is 5.99. The molecule has 1 rings (SSSR count). The molecule has 3 nitrogen and oxygen atoms in total. The van der Waals surface area contributed by atoms with E-state index in [1.807, 2.05) is 0 Å². The zero-order chi connectivity index (χ0) is 10.1. The average Bonchev–Trinajstić information content (AvgIpc) is 2.04. The maximum Gasteiger partial charge on any atom is 0.178 e. The van der Waals surface area contributed by atoms with Gasteiger partial charge in [-0.1, -0.05) is 12.2 Å². The van der Waals surface area contributed by atoms with Crippen molar-refractivity contribution in [1.82, 2.24) is 0 Å². The predicted molar refractivity (Wildman–Crippen MR) is 47.1 cm³/mol. The van der Waals surface area contributed by atoms with E-state index in [-0.39, 0.29) is 17.3 Å². The number of Topliss-reactive ketones (excluding diaryl/α,β-unsaturated/α-hetero) is 2. The summed E-state index contributed by atoms with van der Waals surface area (Å²) < 4.78 is 0. The molecule has 1 aliphatic rings. The summed E-state index contributed by atoms with van der Waals surface area (Å²) in [7, 11) is 0. The molecule has 0 saturated heterocycles. The Labute approximate surface area is 76.1 Å². The zero-order valence-electron chi connectivity index (χ0n) is 7.53. The Morgan fingerprint density at radius 2 is 1.46 bits per heavy atom. The molecule has 0 unspecified atom stereocenters. The summed E-state index contributed by atoms with van der Waals surface area (Å²) in [6.45, 7) is 2.68. The minimum absolute atomic E-state index is 0.196. The summed E-state index contributed by atoms with van der Waals surface area (Å²) in [5.74, 6) is -0.724. The van der Waals surface area contributed by atoms with Crippen LogP contribution < -0.4 is 0 Å². The second kappa shape index (κ2) is 3.09. The van der Waals surface area contributed by atoms with Crippen molar-refractivity contribution < 1.29 is 14.4 Å². The monoisotopic (exact) mass is 178 g/mol. The van der Waals surface area contributed by atoms with Crippen molar-refractivity contribution in [3.63, 3.8) is 0 Å². The Balaban J connectivity index is 3.16. The summed E-state index contributed by atoms with van der Waals surface area (Å²) in [5.41, 5.74) is -1.20. The van der Waals surface area contributed by atoms with E-state index in [0.717, 1.165) is 0 Å². The van der Waals surface area contributed by atoms with E-state index in [1.165, 1.54) is 38.2 Å². The third-order valence-electron chi connectivity index (χ3n) is 2.19. The van der Waals surface area contributed by atoms with Gasteiger partial charge in [-0.2, -0.15) is 0 Å². The third-order valence-corrected chi connectivity index (χ3v) is 2.19. The predicted octanol–water partition coefficient (Wildman–Crippen LogP) is 0.846. The van der Waals surface area contributed by atoms with E-state index in [1.54, 1.807) is 0 Å². The van der Waals surface area contributed by atoms with Gasteiger partial charge < -0.3 is 0 Å². The van der Waals surface area contributed by atoms with Crippen LogP contribution in [0.15, 0.2) is 24.3 Å². The van der Waals surface area contributed by atoms with Gasteiger partial charge in [-0.25, -0.2) is 0 Å². The molecule has 0 aliphatic heterocycles. The van der Waals surface area contributed by atoms with Crippen LogP contribution in [0.2, 0.25) is 0 Å². The molecule has 3 heteroatoms. The Morgan fingerprint density at radius 1 is 1.08 bits per heavy atom. The quantitative estimate of drug-likeness (QED) is 0.589. The van der Waals surface area contributed by atoms with Gasteiger partial charge in [-0.3, -0.25) is 14.4 Å². The smallest absolute Gasteiger partial charge is 0.178 e. The molecule has 68 valence electrons. The van der Waals surface area contributed by atoms with Crippen LogP contribution in [0.4, 0.5) is 0 Å². The minimum Gasteiger partial charge on any atom is -0.298 e. The number of carbonyl (C=O) groups excluding carboxylic acids is 3. The lowest BCUT2D eigenvalue weighted by molar-refractivity contribution is -0.132. The molecule has 0 fully saturated rings. The van der Waals surface area contributed by atoms with Crippen LogP contribution >= 0.6 is 0 Å². The van der Waals surface area contributed by atoms with Gasteiger partial charge in [-0.05, 0) is 26.0 Å².